The molecule has 2 N–H and O–H groups in total. The molecule has 0 radical (unpaired) electrons. The Hall–Kier alpha value is -2.41. The lowest BCUT2D eigenvalue weighted by Gasteiger charge is -2.26. The third kappa shape index (κ3) is 5.07. The Labute approximate surface area is 156 Å². The van der Waals surface area contributed by atoms with Crippen molar-refractivity contribution in [1.29, 1.82) is 0 Å². The molecule has 1 heterocycles. The minimum atomic E-state index is -4.79. The van der Waals surface area contributed by atoms with E-state index in [1.807, 2.05) is 12.1 Å². The first-order valence-electron chi connectivity index (χ1n) is 9.07. The second-order valence-corrected chi connectivity index (χ2v) is 6.46. The van der Waals surface area contributed by atoms with Crippen molar-refractivity contribution < 1.29 is 22.6 Å². The molecule has 0 unspecified atom stereocenters. The number of para-hydroxylation sites is 2. The van der Waals surface area contributed by atoms with Gasteiger partial charge in [0.1, 0.15) is 5.75 Å². The summed E-state index contributed by atoms with van der Waals surface area (Å²) in [5.74, 6) is 0.0585. The van der Waals surface area contributed by atoms with E-state index >= 15 is 0 Å². The minimum absolute atomic E-state index is 0.00228. The van der Waals surface area contributed by atoms with Gasteiger partial charge < -0.3 is 20.1 Å². The molecular weight excluding hydrogens is 357 g/mol. The van der Waals surface area contributed by atoms with Crippen LogP contribution in [0, 0.1) is 0 Å². The van der Waals surface area contributed by atoms with Crippen LogP contribution < -0.4 is 20.1 Å². The number of rotatable bonds is 5. The number of hydrogen-bond acceptors (Lipinski definition) is 4. The topological polar surface area (TPSA) is 47.7 Å². The number of benzene rings is 2. The summed E-state index contributed by atoms with van der Waals surface area (Å²) in [6.07, 6.45) is -0.168. The number of halogens is 3. The number of anilines is 1. The zero-order valence-electron chi connectivity index (χ0n) is 15.0. The van der Waals surface area contributed by atoms with Gasteiger partial charge in [-0.3, -0.25) is 0 Å². The van der Waals surface area contributed by atoms with Gasteiger partial charge >= 0.3 is 6.36 Å². The molecule has 0 bridgehead atoms. The predicted octanol–water partition coefficient (Wildman–Crippen LogP) is 5.22. The van der Waals surface area contributed by atoms with E-state index in [1.54, 1.807) is 12.1 Å². The van der Waals surface area contributed by atoms with Crippen molar-refractivity contribution in [1.82, 2.24) is 0 Å². The van der Waals surface area contributed by atoms with Crippen molar-refractivity contribution in [3.05, 3.63) is 48.0 Å². The monoisotopic (exact) mass is 380 g/mol. The van der Waals surface area contributed by atoms with Crippen LogP contribution in [0.5, 0.6) is 17.2 Å². The predicted molar refractivity (Wildman–Crippen MR) is 98.2 cm³/mol. The van der Waals surface area contributed by atoms with Crippen LogP contribution >= 0.6 is 0 Å². The van der Waals surface area contributed by atoms with E-state index in [4.69, 9.17) is 10.5 Å². The largest absolute Gasteiger partial charge is 0.573 e. The Balaban J connectivity index is 1.91. The van der Waals surface area contributed by atoms with Crippen LogP contribution in [0.4, 0.5) is 18.9 Å². The summed E-state index contributed by atoms with van der Waals surface area (Å²) in [5.41, 5.74) is 7.73. The molecule has 1 fully saturated rings. The fraction of sp³-hybridized carbons (Fsp3) is 0.400. The van der Waals surface area contributed by atoms with Crippen LogP contribution in [-0.4, -0.2) is 19.5 Å². The van der Waals surface area contributed by atoms with Crippen LogP contribution in [0.1, 0.15) is 31.2 Å². The first-order valence-corrected chi connectivity index (χ1v) is 9.07. The number of hydrogen-bond donors (Lipinski definition) is 1. The summed E-state index contributed by atoms with van der Waals surface area (Å²) in [6, 6.07) is 11.3. The van der Waals surface area contributed by atoms with Gasteiger partial charge in [-0.15, -0.1) is 13.2 Å². The van der Waals surface area contributed by atoms with E-state index in [9.17, 15) is 13.2 Å². The number of nitrogens with zero attached hydrogens (tertiary/aromatic N) is 1. The van der Waals surface area contributed by atoms with Gasteiger partial charge in [0.25, 0.3) is 0 Å². The summed E-state index contributed by atoms with van der Waals surface area (Å²) in [4.78, 5) is 2.28. The summed E-state index contributed by atoms with van der Waals surface area (Å²) in [7, 11) is 0. The average molecular weight is 380 g/mol. The van der Waals surface area contributed by atoms with Gasteiger partial charge in [-0.2, -0.15) is 0 Å². The van der Waals surface area contributed by atoms with Crippen molar-refractivity contribution >= 4 is 5.69 Å². The minimum Gasteiger partial charge on any atom is -0.453 e. The summed E-state index contributed by atoms with van der Waals surface area (Å²) in [5, 5.41) is 0. The number of alkyl halides is 3. The molecule has 0 atom stereocenters. The second-order valence-electron chi connectivity index (χ2n) is 6.46. The fourth-order valence-electron chi connectivity index (χ4n) is 3.32. The first kappa shape index (κ1) is 19.4. The Morgan fingerprint density at radius 1 is 0.852 bits per heavy atom. The average Bonchev–Trinajstić information content (AvgIpc) is 2.91. The van der Waals surface area contributed by atoms with E-state index in [0.717, 1.165) is 37.2 Å². The van der Waals surface area contributed by atoms with Crippen LogP contribution in [0.25, 0.3) is 0 Å². The summed E-state index contributed by atoms with van der Waals surface area (Å²) >= 11 is 0. The van der Waals surface area contributed by atoms with Gasteiger partial charge in [0.2, 0.25) is 0 Å². The van der Waals surface area contributed by atoms with Crippen LogP contribution in [-0.2, 0) is 6.54 Å². The molecule has 0 saturated carbocycles. The Bertz CT molecular complexity index is 757. The lowest BCUT2D eigenvalue weighted by molar-refractivity contribution is -0.275. The molecule has 2 aromatic carbocycles. The smallest absolute Gasteiger partial charge is 0.453 e. The van der Waals surface area contributed by atoms with Crippen molar-refractivity contribution in [3.63, 3.8) is 0 Å². The molecule has 0 aromatic heterocycles. The lowest BCUT2D eigenvalue weighted by Crippen LogP contribution is -2.25. The summed E-state index contributed by atoms with van der Waals surface area (Å²) in [6.45, 7) is 2.10. The molecule has 0 aliphatic carbocycles. The SMILES string of the molecule is NCc1c(Oc2ccccc2OC(F)(F)F)cccc1N1CCCCCC1. The van der Waals surface area contributed by atoms with Crippen LogP contribution in [0.3, 0.4) is 0 Å². The first-order chi connectivity index (χ1) is 13.0. The third-order valence-electron chi connectivity index (χ3n) is 4.55. The molecule has 1 saturated heterocycles. The van der Waals surface area contributed by atoms with Crippen molar-refractivity contribution in [2.24, 2.45) is 5.73 Å². The van der Waals surface area contributed by atoms with Gasteiger partial charge in [-0.25, -0.2) is 0 Å². The van der Waals surface area contributed by atoms with E-state index < -0.39 is 6.36 Å². The standard InChI is InChI=1S/C20H23F3N2O2/c21-20(22,23)27-19-10-4-3-9-18(19)26-17-11-7-8-16(15(17)14-24)25-12-5-1-2-6-13-25/h3-4,7-11H,1-2,5-6,12-14,24H2. The van der Waals surface area contributed by atoms with E-state index in [1.165, 1.54) is 31.0 Å². The fourth-order valence-corrected chi connectivity index (χ4v) is 3.32. The van der Waals surface area contributed by atoms with Gasteiger partial charge in [0, 0.05) is 30.9 Å². The normalized spacial score (nSPS) is 15.3. The van der Waals surface area contributed by atoms with E-state index in [2.05, 4.69) is 9.64 Å². The highest BCUT2D eigenvalue weighted by Crippen LogP contribution is 2.38. The maximum atomic E-state index is 12.6. The van der Waals surface area contributed by atoms with Crippen LogP contribution in [0.2, 0.25) is 0 Å². The molecule has 4 nitrogen and oxygen atoms in total. The molecule has 3 rings (SSSR count). The van der Waals surface area contributed by atoms with Gasteiger partial charge in [-0.05, 0) is 37.1 Å². The summed E-state index contributed by atoms with van der Waals surface area (Å²) < 4.78 is 47.8. The zero-order valence-corrected chi connectivity index (χ0v) is 15.0. The molecular formula is C20H23F3N2O2. The lowest BCUT2D eigenvalue weighted by atomic mass is 10.1. The number of nitrogens with two attached hydrogens (primary N) is 1. The highest BCUT2D eigenvalue weighted by Gasteiger charge is 2.32. The van der Waals surface area contributed by atoms with Crippen molar-refractivity contribution in [3.8, 4) is 17.2 Å². The molecule has 1 aliphatic heterocycles. The maximum absolute atomic E-state index is 12.6. The number of ether oxygens (including phenoxy) is 2. The van der Waals surface area contributed by atoms with Crippen LogP contribution in [0.15, 0.2) is 42.5 Å². The second kappa shape index (κ2) is 8.52. The van der Waals surface area contributed by atoms with Crippen molar-refractivity contribution in [2.45, 2.75) is 38.6 Å². The molecule has 0 spiro atoms. The quantitative estimate of drug-likeness (QED) is 0.773. The molecule has 146 valence electrons. The Morgan fingerprint density at radius 2 is 1.48 bits per heavy atom. The highest BCUT2D eigenvalue weighted by molar-refractivity contribution is 5.60. The molecule has 2 aromatic rings. The van der Waals surface area contributed by atoms with Gasteiger partial charge in [0.05, 0.1) is 0 Å². The molecule has 1 aliphatic rings. The van der Waals surface area contributed by atoms with Gasteiger partial charge in [0.15, 0.2) is 11.5 Å². The maximum Gasteiger partial charge on any atom is 0.573 e. The molecule has 7 heteroatoms. The molecule has 27 heavy (non-hydrogen) atoms. The zero-order chi connectivity index (χ0) is 19.3. The Morgan fingerprint density at radius 3 is 2.11 bits per heavy atom. The van der Waals surface area contributed by atoms with Gasteiger partial charge in [-0.1, -0.05) is 31.0 Å². The third-order valence-corrected chi connectivity index (χ3v) is 4.55. The highest BCUT2D eigenvalue weighted by atomic mass is 19.4. The van der Waals surface area contributed by atoms with E-state index in [0.29, 0.717) is 5.75 Å². The molecule has 0 amide bonds. The van der Waals surface area contributed by atoms with Crippen molar-refractivity contribution in [2.75, 3.05) is 18.0 Å². The van der Waals surface area contributed by atoms with E-state index in [-0.39, 0.29) is 18.0 Å². The Kier molecular flexibility index (Phi) is 6.11.